The van der Waals surface area contributed by atoms with Gasteiger partial charge in [-0.15, -0.1) is 0 Å². The summed E-state index contributed by atoms with van der Waals surface area (Å²) in [7, 11) is 0. The van der Waals surface area contributed by atoms with E-state index in [1.165, 1.54) is 6.07 Å². The highest BCUT2D eigenvalue weighted by Crippen LogP contribution is 2.21. The number of rotatable bonds is 3. The fourth-order valence-corrected chi connectivity index (χ4v) is 1.82. The fraction of sp³-hybridized carbons (Fsp3) is 0.417. The molecular weight excluding hydrogens is 205 g/mol. The molecule has 4 heteroatoms. The number of aryl methyl sites for hydroxylation is 2. The lowest BCUT2D eigenvalue weighted by Crippen LogP contribution is -2.03. The molecule has 0 unspecified atom stereocenters. The molecule has 16 heavy (non-hydrogen) atoms. The number of nitrogen functional groups attached to an aromatic ring is 1. The van der Waals surface area contributed by atoms with Gasteiger partial charge in [-0.05, 0) is 25.0 Å². The molecule has 0 amide bonds. The van der Waals surface area contributed by atoms with Crippen LogP contribution in [0.4, 0.5) is 10.3 Å². The summed E-state index contributed by atoms with van der Waals surface area (Å²) in [4.78, 5) is 4.17. The number of halogens is 1. The van der Waals surface area contributed by atoms with E-state index in [9.17, 15) is 4.39 Å². The molecule has 0 saturated carbocycles. The first kappa shape index (κ1) is 10.9. The van der Waals surface area contributed by atoms with Crippen molar-refractivity contribution in [2.75, 3.05) is 5.73 Å². The van der Waals surface area contributed by atoms with Crippen LogP contribution in [-0.4, -0.2) is 9.55 Å². The van der Waals surface area contributed by atoms with Gasteiger partial charge in [0.05, 0.1) is 11.0 Å². The van der Waals surface area contributed by atoms with Gasteiger partial charge in [-0.3, -0.25) is 0 Å². The van der Waals surface area contributed by atoms with Crippen LogP contribution < -0.4 is 5.73 Å². The summed E-state index contributed by atoms with van der Waals surface area (Å²) in [5, 5.41) is 0. The second-order valence-electron chi connectivity index (χ2n) is 4.07. The molecule has 1 aromatic heterocycles. The van der Waals surface area contributed by atoms with Crippen molar-refractivity contribution in [1.29, 1.82) is 0 Å². The van der Waals surface area contributed by atoms with Crippen molar-refractivity contribution in [2.24, 2.45) is 0 Å². The third-order valence-corrected chi connectivity index (χ3v) is 2.79. The topological polar surface area (TPSA) is 43.8 Å². The average Bonchev–Trinajstić information content (AvgIpc) is 2.52. The number of benzene rings is 1. The Morgan fingerprint density at radius 3 is 2.88 bits per heavy atom. The molecule has 86 valence electrons. The number of unbranched alkanes of at least 4 members (excludes halogenated alkanes) is 1. The lowest BCUT2D eigenvalue weighted by atomic mass is 10.2. The zero-order valence-corrected chi connectivity index (χ0v) is 9.63. The normalized spacial score (nSPS) is 11.2. The first-order valence-electron chi connectivity index (χ1n) is 5.55. The maximum Gasteiger partial charge on any atom is 0.201 e. The van der Waals surface area contributed by atoms with Crippen LogP contribution in [-0.2, 0) is 6.54 Å². The first-order valence-corrected chi connectivity index (χ1v) is 5.55. The van der Waals surface area contributed by atoms with E-state index in [1.54, 1.807) is 6.92 Å². The maximum absolute atomic E-state index is 13.4. The standard InChI is InChI=1S/C12H16FN3/c1-3-4-5-16-11-6-8(2)9(13)7-10(11)15-12(16)14/h6-7H,3-5H2,1-2H3,(H2,14,15). The Morgan fingerprint density at radius 1 is 1.44 bits per heavy atom. The third-order valence-electron chi connectivity index (χ3n) is 2.79. The SMILES string of the molecule is CCCCn1c(N)nc2cc(F)c(C)cc21. The summed E-state index contributed by atoms with van der Waals surface area (Å²) >= 11 is 0. The molecule has 0 saturated heterocycles. The lowest BCUT2D eigenvalue weighted by molar-refractivity contribution is 0.619. The summed E-state index contributed by atoms with van der Waals surface area (Å²) < 4.78 is 15.3. The van der Waals surface area contributed by atoms with Gasteiger partial charge in [0.25, 0.3) is 0 Å². The first-order chi connectivity index (χ1) is 7.63. The molecule has 3 nitrogen and oxygen atoms in total. The molecule has 0 aliphatic rings. The molecule has 0 atom stereocenters. The Bertz CT molecular complexity index is 516. The largest absolute Gasteiger partial charge is 0.369 e. The van der Waals surface area contributed by atoms with Crippen molar-refractivity contribution in [3.05, 3.63) is 23.5 Å². The molecule has 2 N–H and O–H groups in total. The number of fused-ring (bicyclic) bond motifs is 1. The van der Waals surface area contributed by atoms with Crippen LogP contribution in [0.25, 0.3) is 11.0 Å². The quantitative estimate of drug-likeness (QED) is 0.866. The molecular formula is C12H16FN3. The predicted molar refractivity (Wildman–Crippen MR) is 63.7 cm³/mol. The second kappa shape index (κ2) is 4.12. The van der Waals surface area contributed by atoms with Gasteiger partial charge in [-0.1, -0.05) is 13.3 Å². The Morgan fingerprint density at radius 2 is 2.19 bits per heavy atom. The highest BCUT2D eigenvalue weighted by Gasteiger charge is 2.10. The molecule has 0 bridgehead atoms. The van der Waals surface area contributed by atoms with Gasteiger partial charge in [-0.25, -0.2) is 9.37 Å². The van der Waals surface area contributed by atoms with E-state index in [0.29, 0.717) is 17.0 Å². The van der Waals surface area contributed by atoms with Gasteiger partial charge in [0.15, 0.2) is 0 Å². The van der Waals surface area contributed by atoms with Crippen LogP contribution in [0.2, 0.25) is 0 Å². The predicted octanol–water partition coefficient (Wildman–Crippen LogP) is 2.87. The Hall–Kier alpha value is -1.58. The summed E-state index contributed by atoms with van der Waals surface area (Å²) in [5.41, 5.74) is 8.01. The summed E-state index contributed by atoms with van der Waals surface area (Å²) in [6.07, 6.45) is 2.14. The molecule has 1 heterocycles. The van der Waals surface area contributed by atoms with Gasteiger partial charge in [-0.2, -0.15) is 0 Å². The van der Waals surface area contributed by atoms with E-state index in [-0.39, 0.29) is 5.82 Å². The minimum atomic E-state index is -0.229. The van der Waals surface area contributed by atoms with Crippen LogP contribution in [0, 0.1) is 12.7 Å². The molecule has 0 radical (unpaired) electrons. The summed E-state index contributed by atoms with van der Waals surface area (Å²) in [5.74, 6) is 0.237. The van der Waals surface area contributed by atoms with Crippen molar-refractivity contribution < 1.29 is 4.39 Å². The highest BCUT2D eigenvalue weighted by molar-refractivity contribution is 5.79. The van der Waals surface area contributed by atoms with Crippen molar-refractivity contribution in [2.45, 2.75) is 33.2 Å². The number of hydrogen-bond acceptors (Lipinski definition) is 2. The average molecular weight is 221 g/mol. The van der Waals surface area contributed by atoms with Gasteiger partial charge < -0.3 is 10.3 Å². The van der Waals surface area contributed by atoms with Crippen LogP contribution in [0.3, 0.4) is 0 Å². The number of nitrogens with two attached hydrogens (primary N) is 1. The molecule has 0 aliphatic heterocycles. The highest BCUT2D eigenvalue weighted by atomic mass is 19.1. The lowest BCUT2D eigenvalue weighted by Gasteiger charge is -2.05. The van der Waals surface area contributed by atoms with E-state index in [1.807, 2.05) is 10.6 Å². The number of nitrogens with zero attached hydrogens (tertiary/aromatic N) is 2. The monoisotopic (exact) mass is 221 g/mol. The summed E-state index contributed by atoms with van der Waals surface area (Å²) in [6, 6.07) is 3.26. The van der Waals surface area contributed by atoms with Crippen molar-refractivity contribution >= 4 is 17.0 Å². The van der Waals surface area contributed by atoms with E-state index in [2.05, 4.69) is 11.9 Å². The van der Waals surface area contributed by atoms with Gasteiger partial charge >= 0.3 is 0 Å². The van der Waals surface area contributed by atoms with E-state index in [4.69, 9.17) is 5.73 Å². The minimum absolute atomic E-state index is 0.229. The molecule has 0 aliphatic carbocycles. The zero-order valence-electron chi connectivity index (χ0n) is 9.63. The minimum Gasteiger partial charge on any atom is -0.369 e. The molecule has 0 spiro atoms. The number of imidazole rings is 1. The van der Waals surface area contributed by atoms with E-state index in [0.717, 1.165) is 24.9 Å². The van der Waals surface area contributed by atoms with E-state index >= 15 is 0 Å². The van der Waals surface area contributed by atoms with Crippen molar-refractivity contribution in [3.63, 3.8) is 0 Å². The molecule has 0 fully saturated rings. The van der Waals surface area contributed by atoms with Crippen molar-refractivity contribution in [1.82, 2.24) is 9.55 Å². The fourth-order valence-electron chi connectivity index (χ4n) is 1.82. The van der Waals surface area contributed by atoms with Crippen molar-refractivity contribution in [3.8, 4) is 0 Å². The molecule has 1 aromatic carbocycles. The summed E-state index contributed by atoms with van der Waals surface area (Å²) in [6.45, 7) is 4.71. The molecule has 2 aromatic rings. The number of anilines is 1. The Balaban J connectivity index is 2.55. The third kappa shape index (κ3) is 1.75. The van der Waals surface area contributed by atoms with Crippen LogP contribution in [0.1, 0.15) is 25.3 Å². The van der Waals surface area contributed by atoms with Crippen LogP contribution >= 0.6 is 0 Å². The van der Waals surface area contributed by atoms with Crippen LogP contribution in [0.15, 0.2) is 12.1 Å². The smallest absolute Gasteiger partial charge is 0.201 e. The zero-order chi connectivity index (χ0) is 11.7. The Kier molecular flexibility index (Phi) is 2.81. The van der Waals surface area contributed by atoms with Crippen LogP contribution in [0.5, 0.6) is 0 Å². The Labute approximate surface area is 94.1 Å². The van der Waals surface area contributed by atoms with Gasteiger partial charge in [0.2, 0.25) is 5.95 Å². The van der Waals surface area contributed by atoms with Gasteiger partial charge in [0, 0.05) is 12.6 Å². The number of aromatic nitrogens is 2. The van der Waals surface area contributed by atoms with E-state index < -0.39 is 0 Å². The maximum atomic E-state index is 13.4. The van der Waals surface area contributed by atoms with Gasteiger partial charge in [0.1, 0.15) is 5.82 Å². The second-order valence-corrected chi connectivity index (χ2v) is 4.07. The molecule has 2 rings (SSSR count). The number of hydrogen-bond donors (Lipinski definition) is 1.